The largest absolute Gasteiger partial charge is 0.497 e. The molecule has 0 aliphatic heterocycles. The number of hydrogen-bond acceptors (Lipinski definition) is 6. The molecule has 7 nitrogen and oxygen atoms in total. The van der Waals surface area contributed by atoms with Crippen molar-refractivity contribution in [2.75, 3.05) is 33.5 Å². The number of likely N-dealkylation sites (N-methyl/N-ethyl adjacent to an activating group) is 1. The normalized spacial score (nSPS) is 12.1. The number of rotatable bonds is 9. The van der Waals surface area contributed by atoms with Crippen molar-refractivity contribution < 1.29 is 9.53 Å². The molecule has 1 aromatic heterocycles. The van der Waals surface area contributed by atoms with Gasteiger partial charge in [0.05, 0.1) is 24.6 Å². The Bertz CT molecular complexity index is 1080. The van der Waals surface area contributed by atoms with Gasteiger partial charge in [0.1, 0.15) is 11.6 Å². The van der Waals surface area contributed by atoms with Crippen molar-refractivity contribution in [2.45, 2.75) is 32.0 Å². The van der Waals surface area contributed by atoms with Crippen molar-refractivity contribution in [2.24, 2.45) is 0 Å². The number of methoxy groups -OCH3 is 1. The van der Waals surface area contributed by atoms with Gasteiger partial charge in [-0.1, -0.05) is 36.0 Å². The van der Waals surface area contributed by atoms with E-state index in [1.54, 1.807) is 7.11 Å². The van der Waals surface area contributed by atoms with E-state index in [1.165, 1.54) is 17.3 Å². The first-order valence-corrected chi connectivity index (χ1v) is 11.5. The van der Waals surface area contributed by atoms with Gasteiger partial charge in [0, 0.05) is 6.54 Å². The second-order valence-electron chi connectivity index (χ2n) is 8.00. The van der Waals surface area contributed by atoms with Crippen LogP contribution in [0.1, 0.15) is 28.6 Å². The SMILES string of the molecule is COc1cccc(C(CNC(=O)CSc2nnc(C)n2-c2cc(C)ccc2C)N(C)C)c1. The molecule has 0 spiro atoms. The second-order valence-corrected chi connectivity index (χ2v) is 8.95. The molecule has 32 heavy (non-hydrogen) atoms. The number of thioether (sulfide) groups is 1. The lowest BCUT2D eigenvalue weighted by Gasteiger charge is -2.25. The van der Waals surface area contributed by atoms with E-state index in [9.17, 15) is 4.79 Å². The molecule has 1 heterocycles. The van der Waals surface area contributed by atoms with Crippen molar-refractivity contribution >= 4 is 17.7 Å². The Morgan fingerprint density at radius 2 is 1.94 bits per heavy atom. The van der Waals surface area contributed by atoms with Gasteiger partial charge in [0.2, 0.25) is 5.91 Å². The molecule has 0 bridgehead atoms. The summed E-state index contributed by atoms with van der Waals surface area (Å²) in [6, 6.07) is 14.3. The summed E-state index contributed by atoms with van der Waals surface area (Å²) in [4.78, 5) is 14.7. The first-order chi connectivity index (χ1) is 15.3. The third-order valence-corrected chi connectivity index (χ3v) is 6.26. The predicted molar refractivity (Wildman–Crippen MR) is 129 cm³/mol. The number of carbonyl (C=O) groups is 1. The highest BCUT2D eigenvalue weighted by Crippen LogP contribution is 2.25. The first kappa shape index (κ1) is 23.8. The van der Waals surface area contributed by atoms with Crippen LogP contribution >= 0.6 is 11.8 Å². The Morgan fingerprint density at radius 3 is 2.66 bits per heavy atom. The first-order valence-electron chi connectivity index (χ1n) is 10.5. The molecule has 0 aliphatic rings. The van der Waals surface area contributed by atoms with Crippen molar-refractivity contribution in [1.29, 1.82) is 0 Å². The van der Waals surface area contributed by atoms with Gasteiger partial charge in [0.25, 0.3) is 0 Å². The van der Waals surface area contributed by atoms with Gasteiger partial charge in [-0.3, -0.25) is 9.36 Å². The molecular weight excluding hydrogens is 422 g/mol. The molecule has 1 amide bonds. The minimum Gasteiger partial charge on any atom is -0.497 e. The summed E-state index contributed by atoms with van der Waals surface area (Å²) in [5, 5.41) is 12.3. The average molecular weight is 454 g/mol. The van der Waals surface area contributed by atoms with Gasteiger partial charge in [-0.15, -0.1) is 10.2 Å². The molecule has 3 rings (SSSR count). The third-order valence-electron chi connectivity index (χ3n) is 5.33. The highest BCUT2D eigenvalue weighted by atomic mass is 32.2. The maximum Gasteiger partial charge on any atom is 0.230 e. The molecule has 3 aromatic rings. The monoisotopic (exact) mass is 453 g/mol. The average Bonchev–Trinajstić information content (AvgIpc) is 3.14. The topological polar surface area (TPSA) is 72.3 Å². The highest BCUT2D eigenvalue weighted by molar-refractivity contribution is 7.99. The van der Waals surface area contributed by atoms with Crippen LogP contribution in [0, 0.1) is 20.8 Å². The lowest BCUT2D eigenvalue weighted by Crippen LogP contribution is -2.35. The van der Waals surface area contributed by atoms with E-state index in [0.29, 0.717) is 11.7 Å². The molecule has 1 unspecified atom stereocenters. The standard InChI is InChI=1S/C24H31N5O2S/c1-16-10-11-17(2)21(12-16)29-18(3)26-27-24(29)32-15-23(30)25-14-22(28(4)5)19-8-7-9-20(13-19)31-6/h7-13,22H,14-15H2,1-6H3,(H,25,30). The Morgan fingerprint density at radius 1 is 1.16 bits per heavy atom. The van der Waals surface area contributed by atoms with Crippen LogP contribution in [0.15, 0.2) is 47.6 Å². The zero-order valence-electron chi connectivity index (χ0n) is 19.5. The van der Waals surface area contributed by atoms with Gasteiger partial charge in [-0.25, -0.2) is 0 Å². The van der Waals surface area contributed by atoms with Crippen LogP contribution in [0.2, 0.25) is 0 Å². The number of nitrogens with one attached hydrogen (secondary N) is 1. The fourth-order valence-electron chi connectivity index (χ4n) is 3.51. The van der Waals surface area contributed by atoms with Gasteiger partial charge >= 0.3 is 0 Å². The minimum atomic E-state index is -0.0436. The number of ether oxygens (including phenoxy) is 1. The van der Waals surface area contributed by atoms with Crippen molar-refractivity contribution in [3.05, 3.63) is 65.0 Å². The summed E-state index contributed by atoms with van der Waals surface area (Å²) in [5.41, 5.74) is 4.44. The van der Waals surface area contributed by atoms with E-state index in [4.69, 9.17) is 4.74 Å². The lowest BCUT2D eigenvalue weighted by molar-refractivity contribution is -0.118. The molecular formula is C24H31N5O2S. The second kappa shape index (κ2) is 10.7. The molecule has 1 N–H and O–H groups in total. The van der Waals surface area contributed by atoms with Gasteiger partial charge < -0.3 is 15.0 Å². The summed E-state index contributed by atoms with van der Waals surface area (Å²) < 4.78 is 7.35. The Kier molecular flexibility index (Phi) is 7.93. The van der Waals surface area contributed by atoms with E-state index in [1.807, 2.05) is 49.9 Å². The molecule has 0 saturated carbocycles. The minimum absolute atomic E-state index is 0.0416. The van der Waals surface area contributed by atoms with Crippen molar-refractivity contribution in [3.8, 4) is 11.4 Å². The molecule has 170 valence electrons. The predicted octanol–water partition coefficient (Wildman–Crippen LogP) is 3.71. The fourth-order valence-corrected chi connectivity index (χ4v) is 4.33. The van der Waals surface area contributed by atoms with Crippen LogP contribution < -0.4 is 10.1 Å². The summed E-state index contributed by atoms with van der Waals surface area (Å²) >= 11 is 1.39. The quantitative estimate of drug-likeness (QED) is 0.498. The molecule has 0 radical (unpaired) electrons. The van der Waals surface area contributed by atoms with Gasteiger partial charge in [0.15, 0.2) is 5.16 Å². The van der Waals surface area contributed by atoms with Gasteiger partial charge in [-0.05, 0) is 69.8 Å². The number of aryl methyl sites for hydroxylation is 3. The number of aromatic nitrogens is 3. The Labute approximate surface area is 194 Å². The highest BCUT2D eigenvalue weighted by Gasteiger charge is 2.18. The van der Waals surface area contributed by atoms with Crippen LogP contribution in [0.5, 0.6) is 5.75 Å². The lowest BCUT2D eigenvalue weighted by atomic mass is 10.1. The summed E-state index contributed by atoms with van der Waals surface area (Å²) in [5.74, 6) is 1.82. The fraction of sp³-hybridized carbons (Fsp3) is 0.375. The number of carbonyl (C=O) groups excluding carboxylic acids is 1. The molecule has 0 saturated heterocycles. The van der Waals surface area contributed by atoms with Crippen LogP contribution in [0.25, 0.3) is 5.69 Å². The molecule has 0 fully saturated rings. The van der Waals surface area contributed by atoms with E-state index in [-0.39, 0.29) is 17.7 Å². The van der Waals surface area contributed by atoms with Crippen LogP contribution in [-0.2, 0) is 4.79 Å². The van der Waals surface area contributed by atoms with Crippen molar-refractivity contribution in [1.82, 2.24) is 25.0 Å². The smallest absolute Gasteiger partial charge is 0.230 e. The van der Waals surface area contributed by atoms with Gasteiger partial charge in [-0.2, -0.15) is 0 Å². The van der Waals surface area contributed by atoms with E-state index in [2.05, 4.69) is 52.5 Å². The number of amides is 1. The maximum absolute atomic E-state index is 12.6. The number of hydrogen-bond donors (Lipinski definition) is 1. The van der Waals surface area contributed by atoms with Crippen LogP contribution in [0.3, 0.4) is 0 Å². The van der Waals surface area contributed by atoms with Crippen LogP contribution in [-0.4, -0.2) is 59.1 Å². The van der Waals surface area contributed by atoms with Crippen molar-refractivity contribution in [3.63, 3.8) is 0 Å². The molecule has 2 aromatic carbocycles. The Hall–Kier alpha value is -2.84. The zero-order chi connectivity index (χ0) is 23.3. The maximum atomic E-state index is 12.6. The van der Waals surface area contributed by atoms with E-state index in [0.717, 1.165) is 28.4 Å². The van der Waals surface area contributed by atoms with Crippen LogP contribution in [0.4, 0.5) is 0 Å². The van der Waals surface area contributed by atoms with E-state index >= 15 is 0 Å². The third kappa shape index (κ3) is 5.69. The summed E-state index contributed by atoms with van der Waals surface area (Å²) in [6.45, 7) is 6.55. The summed E-state index contributed by atoms with van der Waals surface area (Å²) in [7, 11) is 5.66. The summed E-state index contributed by atoms with van der Waals surface area (Å²) in [6.07, 6.45) is 0. The zero-order valence-corrected chi connectivity index (χ0v) is 20.4. The van der Waals surface area contributed by atoms with E-state index < -0.39 is 0 Å². The number of nitrogens with zero attached hydrogens (tertiary/aromatic N) is 4. The molecule has 8 heteroatoms. The number of benzene rings is 2. The molecule has 1 atom stereocenters. The Balaban J connectivity index is 1.66. The molecule has 0 aliphatic carbocycles.